The minimum absolute atomic E-state index is 0. The number of nitrogens with one attached hydrogen (secondary N) is 1. The lowest BCUT2D eigenvalue weighted by molar-refractivity contribution is -0.304. The molecule has 0 radical (unpaired) electrons. The van der Waals surface area contributed by atoms with E-state index in [1.54, 1.807) is 0 Å². The summed E-state index contributed by atoms with van der Waals surface area (Å²) in [7, 11) is -4.37. The Morgan fingerprint density at radius 1 is 1.50 bits per heavy atom. The first-order chi connectivity index (χ1) is 4.42. The highest BCUT2D eigenvalue weighted by Gasteiger charge is 1.98. The van der Waals surface area contributed by atoms with Crippen LogP contribution in [0.2, 0.25) is 0 Å². The molecular weight excluding hydrogens is 189 g/mol. The van der Waals surface area contributed by atoms with E-state index in [1.807, 2.05) is 5.32 Å². The third kappa shape index (κ3) is 16.2. The Labute approximate surface area is 69.3 Å². The average Bonchev–Trinajstić information content (AvgIpc) is 1.59. The molecule has 0 spiro atoms. The Kier molecular flexibility index (Phi) is 10.5. The van der Waals surface area contributed by atoms with Crippen LogP contribution in [0.25, 0.3) is 0 Å². The van der Waals surface area contributed by atoms with Gasteiger partial charge in [0.25, 0.3) is 0 Å². The van der Waals surface area contributed by atoms with Gasteiger partial charge in [0.05, 0.1) is 12.3 Å². The van der Waals surface area contributed by atoms with Crippen LogP contribution in [0.15, 0.2) is 0 Å². The molecule has 9 heteroatoms. The number of hydrogen-bond acceptors (Lipinski definition) is 5. The SMILES string of the molecule is O=C([O-])CNCP(=O)([O-])O.[NH4+].[NH4+]. The molecule has 0 fully saturated rings. The molecule has 0 aliphatic heterocycles. The molecule has 0 bridgehead atoms. The van der Waals surface area contributed by atoms with E-state index in [1.165, 1.54) is 0 Å². The second kappa shape index (κ2) is 7.17. The Balaban J connectivity index is -0.000000405. The van der Waals surface area contributed by atoms with Gasteiger partial charge in [-0.1, -0.05) is 0 Å². The van der Waals surface area contributed by atoms with Crippen LogP contribution < -0.4 is 27.6 Å². The number of carbonyl (C=O) groups is 1. The van der Waals surface area contributed by atoms with Crippen molar-refractivity contribution in [2.24, 2.45) is 0 Å². The second-order valence-corrected chi connectivity index (χ2v) is 3.19. The number of quaternary nitrogens is 2. The zero-order chi connectivity index (χ0) is 8.20. The molecule has 0 aromatic rings. The Morgan fingerprint density at radius 3 is 2.17 bits per heavy atom. The zero-order valence-electron chi connectivity index (χ0n) is 6.94. The topological polar surface area (TPSA) is 186 Å². The van der Waals surface area contributed by atoms with Crippen molar-refractivity contribution >= 4 is 13.6 Å². The van der Waals surface area contributed by atoms with E-state index in [4.69, 9.17) is 4.89 Å². The molecule has 0 aliphatic carbocycles. The summed E-state index contributed by atoms with van der Waals surface area (Å²) in [6, 6.07) is 0. The van der Waals surface area contributed by atoms with Gasteiger partial charge < -0.3 is 41.9 Å². The molecule has 10 N–H and O–H groups in total. The van der Waals surface area contributed by atoms with Crippen molar-refractivity contribution in [1.29, 1.82) is 0 Å². The smallest absolute Gasteiger partial charge is 0.146 e. The van der Waals surface area contributed by atoms with Crippen LogP contribution in [0.5, 0.6) is 0 Å². The van der Waals surface area contributed by atoms with Crippen LogP contribution in [0, 0.1) is 0 Å². The van der Waals surface area contributed by atoms with Crippen LogP contribution in [0.3, 0.4) is 0 Å². The first kappa shape index (κ1) is 17.5. The van der Waals surface area contributed by atoms with E-state index in [9.17, 15) is 19.4 Å². The molecule has 8 nitrogen and oxygen atoms in total. The highest BCUT2D eigenvalue weighted by Crippen LogP contribution is 2.25. The number of carbonyl (C=O) groups excluding carboxylic acids is 1. The lowest BCUT2D eigenvalue weighted by Crippen LogP contribution is -2.35. The molecule has 0 aromatic heterocycles. The normalized spacial score (nSPS) is 13.5. The van der Waals surface area contributed by atoms with Crippen molar-refractivity contribution in [3.05, 3.63) is 0 Å². The summed E-state index contributed by atoms with van der Waals surface area (Å²) in [5.41, 5.74) is 0. The maximum absolute atomic E-state index is 9.92. The van der Waals surface area contributed by atoms with E-state index in [-0.39, 0.29) is 12.3 Å². The Bertz CT molecular complexity index is 167. The van der Waals surface area contributed by atoms with Gasteiger partial charge in [-0.25, -0.2) is 0 Å². The van der Waals surface area contributed by atoms with E-state index in [0.717, 1.165) is 0 Å². The minimum Gasteiger partial charge on any atom is -0.778 e. The predicted octanol–water partition coefficient (Wildman–Crippen LogP) is -2.42. The highest BCUT2D eigenvalue weighted by molar-refractivity contribution is 7.50. The lowest BCUT2D eigenvalue weighted by atomic mass is 10.7. The van der Waals surface area contributed by atoms with Gasteiger partial charge in [-0.2, -0.15) is 0 Å². The van der Waals surface area contributed by atoms with Gasteiger partial charge in [-0.15, -0.1) is 0 Å². The van der Waals surface area contributed by atoms with Crippen molar-refractivity contribution in [2.45, 2.75) is 0 Å². The van der Waals surface area contributed by atoms with E-state index < -0.39 is 26.4 Å². The van der Waals surface area contributed by atoms with Crippen LogP contribution in [0.4, 0.5) is 0 Å². The van der Waals surface area contributed by atoms with Crippen LogP contribution in [-0.2, 0) is 9.36 Å². The maximum Gasteiger partial charge on any atom is 0.146 e. The van der Waals surface area contributed by atoms with Gasteiger partial charge in [0.2, 0.25) is 0 Å². The summed E-state index contributed by atoms with van der Waals surface area (Å²) in [4.78, 5) is 27.6. The number of carboxylic acids is 1. The predicted molar refractivity (Wildman–Crippen MR) is 39.7 cm³/mol. The second-order valence-electron chi connectivity index (χ2n) is 1.59. The molecule has 1 unspecified atom stereocenters. The Morgan fingerprint density at radius 2 is 1.92 bits per heavy atom. The number of aliphatic carboxylic acids is 1. The summed E-state index contributed by atoms with van der Waals surface area (Å²) in [5.74, 6) is -1.42. The molecule has 76 valence electrons. The molecular formula is C3H14N3O5P. The number of carboxylic acid groups (broad SMARTS) is 1. The molecule has 0 saturated carbocycles. The summed E-state index contributed by atoms with van der Waals surface area (Å²) < 4.78 is 9.92. The first-order valence-corrected chi connectivity index (χ1v) is 4.11. The molecule has 0 rings (SSSR count). The van der Waals surface area contributed by atoms with Gasteiger partial charge >= 0.3 is 0 Å². The summed E-state index contributed by atoms with van der Waals surface area (Å²) in [5, 5.41) is 11.6. The average molecular weight is 203 g/mol. The quantitative estimate of drug-likeness (QED) is 0.368. The minimum atomic E-state index is -4.37. The van der Waals surface area contributed by atoms with Crippen molar-refractivity contribution in [3.63, 3.8) is 0 Å². The van der Waals surface area contributed by atoms with Crippen LogP contribution in [-0.4, -0.2) is 23.7 Å². The zero-order valence-corrected chi connectivity index (χ0v) is 7.84. The summed E-state index contributed by atoms with van der Waals surface area (Å²) >= 11 is 0. The van der Waals surface area contributed by atoms with Gasteiger partial charge in [0, 0.05) is 6.54 Å². The van der Waals surface area contributed by atoms with E-state index in [2.05, 4.69) is 0 Å². The molecule has 0 amide bonds. The van der Waals surface area contributed by atoms with Crippen molar-refractivity contribution in [1.82, 2.24) is 17.6 Å². The molecule has 1 atom stereocenters. The number of hydrogen-bond donors (Lipinski definition) is 4. The van der Waals surface area contributed by atoms with Crippen LogP contribution >= 0.6 is 7.60 Å². The molecule has 0 aliphatic rings. The van der Waals surface area contributed by atoms with E-state index in [0.29, 0.717) is 0 Å². The highest BCUT2D eigenvalue weighted by atomic mass is 31.2. The van der Waals surface area contributed by atoms with Crippen LogP contribution in [0.1, 0.15) is 0 Å². The maximum atomic E-state index is 9.92. The fourth-order valence-electron chi connectivity index (χ4n) is 0.299. The Hall–Kier alpha value is -0.500. The summed E-state index contributed by atoms with van der Waals surface area (Å²) in [6.07, 6.45) is -0.749. The van der Waals surface area contributed by atoms with Crippen molar-refractivity contribution < 1.29 is 24.3 Å². The van der Waals surface area contributed by atoms with Gasteiger partial charge in [0.15, 0.2) is 0 Å². The van der Waals surface area contributed by atoms with Gasteiger partial charge in [0.1, 0.15) is 7.60 Å². The van der Waals surface area contributed by atoms with E-state index >= 15 is 0 Å². The largest absolute Gasteiger partial charge is 0.778 e. The van der Waals surface area contributed by atoms with Crippen molar-refractivity contribution in [2.75, 3.05) is 12.8 Å². The fraction of sp³-hybridized carbons (Fsp3) is 0.667. The monoisotopic (exact) mass is 203 g/mol. The van der Waals surface area contributed by atoms with Gasteiger partial charge in [-0.3, -0.25) is 0 Å². The first-order valence-electron chi connectivity index (χ1n) is 2.35. The lowest BCUT2D eigenvalue weighted by Gasteiger charge is -2.15. The standard InChI is InChI=1S/C3H8NO5P.2H3N/c5-3(6)1-4-2-10(7,8)9;;/h4H,1-2H2,(H,5,6)(H2,7,8,9);2*1H3. The molecule has 0 heterocycles. The summed E-state index contributed by atoms with van der Waals surface area (Å²) in [6.45, 7) is -0.590. The number of rotatable bonds is 4. The third-order valence-electron chi connectivity index (χ3n) is 0.581. The van der Waals surface area contributed by atoms with Crippen molar-refractivity contribution in [3.8, 4) is 0 Å². The fourth-order valence-corrected chi connectivity index (χ4v) is 0.694. The molecule has 12 heavy (non-hydrogen) atoms. The molecule has 0 aromatic carbocycles. The van der Waals surface area contributed by atoms with Gasteiger partial charge in [-0.05, 0) is 0 Å². The third-order valence-corrected chi connectivity index (χ3v) is 1.20. The molecule has 0 saturated heterocycles.